The summed E-state index contributed by atoms with van der Waals surface area (Å²) < 4.78 is 5.96. The van der Waals surface area contributed by atoms with Crippen molar-refractivity contribution in [3.8, 4) is 0 Å². The lowest BCUT2D eigenvalue weighted by Gasteiger charge is -2.12. The van der Waals surface area contributed by atoms with Crippen molar-refractivity contribution in [2.45, 2.75) is 27.2 Å². The van der Waals surface area contributed by atoms with E-state index in [9.17, 15) is 9.59 Å². The molecular weight excluding hydrogens is 308 g/mol. The molecule has 0 N–H and O–H groups in total. The first-order chi connectivity index (χ1) is 8.90. The number of carbonyl (C=O) groups is 2. The van der Waals surface area contributed by atoms with Gasteiger partial charge in [0.25, 0.3) is 0 Å². The largest absolute Gasteiger partial charge is 0.457 e. The maximum atomic E-state index is 11.8. The van der Waals surface area contributed by atoms with Gasteiger partial charge in [0.2, 0.25) is 0 Å². The van der Waals surface area contributed by atoms with Crippen molar-refractivity contribution in [3.63, 3.8) is 0 Å². The van der Waals surface area contributed by atoms with Crippen LogP contribution in [0, 0.1) is 11.8 Å². The first kappa shape index (κ1) is 15.9. The van der Waals surface area contributed by atoms with Crippen molar-refractivity contribution >= 4 is 27.7 Å². The van der Waals surface area contributed by atoms with Crippen molar-refractivity contribution in [2.75, 3.05) is 6.61 Å². The van der Waals surface area contributed by atoms with Gasteiger partial charge >= 0.3 is 5.97 Å². The van der Waals surface area contributed by atoms with Gasteiger partial charge in [0.05, 0.1) is 5.92 Å². The zero-order valence-electron chi connectivity index (χ0n) is 11.5. The van der Waals surface area contributed by atoms with Crippen molar-refractivity contribution < 1.29 is 14.3 Å². The maximum Gasteiger partial charge on any atom is 0.309 e. The molecule has 0 saturated carbocycles. The fourth-order valence-electron chi connectivity index (χ4n) is 1.80. The summed E-state index contributed by atoms with van der Waals surface area (Å²) in [5, 5.41) is 0. The Bertz CT molecular complexity index is 437. The Hall–Kier alpha value is -1.16. The SMILES string of the molecule is CC(C)CC(C)C(=O)OCC(=O)c1ccc(Br)cc1. The van der Waals surface area contributed by atoms with E-state index in [1.165, 1.54) is 0 Å². The Kier molecular flexibility index (Phi) is 6.22. The Morgan fingerprint density at radius 1 is 1.16 bits per heavy atom. The van der Waals surface area contributed by atoms with E-state index in [0.29, 0.717) is 11.5 Å². The van der Waals surface area contributed by atoms with Crippen LogP contribution in [0.3, 0.4) is 0 Å². The lowest BCUT2D eigenvalue weighted by Crippen LogP contribution is -2.20. The molecule has 3 nitrogen and oxygen atoms in total. The molecule has 0 spiro atoms. The van der Waals surface area contributed by atoms with Gasteiger partial charge in [-0.2, -0.15) is 0 Å². The first-order valence-corrected chi connectivity index (χ1v) is 7.15. The van der Waals surface area contributed by atoms with Crippen LogP contribution in [-0.2, 0) is 9.53 Å². The summed E-state index contributed by atoms with van der Waals surface area (Å²) in [4.78, 5) is 23.5. The van der Waals surface area contributed by atoms with Crippen LogP contribution in [0.1, 0.15) is 37.6 Å². The number of rotatable bonds is 6. The number of ether oxygens (including phenoxy) is 1. The standard InChI is InChI=1S/C15H19BrO3/c1-10(2)8-11(3)15(18)19-9-14(17)12-4-6-13(16)7-5-12/h4-7,10-11H,8-9H2,1-3H3. The summed E-state index contributed by atoms with van der Waals surface area (Å²) in [6.45, 7) is 5.74. The van der Waals surface area contributed by atoms with E-state index in [2.05, 4.69) is 29.8 Å². The molecule has 0 aromatic heterocycles. The predicted octanol–water partition coefficient (Wildman–Crippen LogP) is 3.86. The van der Waals surface area contributed by atoms with E-state index in [0.717, 1.165) is 10.9 Å². The normalized spacial score (nSPS) is 12.3. The van der Waals surface area contributed by atoms with Crippen LogP contribution < -0.4 is 0 Å². The molecule has 1 unspecified atom stereocenters. The van der Waals surface area contributed by atoms with Gasteiger partial charge in [-0.25, -0.2) is 0 Å². The first-order valence-electron chi connectivity index (χ1n) is 6.35. The predicted molar refractivity (Wildman–Crippen MR) is 78.1 cm³/mol. The number of hydrogen-bond acceptors (Lipinski definition) is 3. The number of benzene rings is 1. The second kappa shape index (κ2) is 7.43. The third kappa shape index (κ3) is 5.55. The molecule has 0 heterocycles. The number of ketones is 1. The minimum atomic E-state index is -0.306. The second-order valence-corrected chi connectivity index (χ2v) is 5.98. The van der Waals surface area contributed by atoms with Crippen molar-refractivity contribution in [2.24, 2.45) is 11.8 Å². The summed E-state index contributed by atoms with van der Waals surface area (Å²) >= 11 is 3.30. The highest BCUT2D eigenvalue weighted by molar-refractivity contribution is 9.10. The minimum Gasteiger partial charge on any atom is -0.457 e. The minimum absolute atomic E-state index is 0.169. The molecule has 0 amide bonds. The van der Waals surface area contributed by atoms with E-state index in [1.807, 2.05) is 6.92 Å². The van der Waals surface area contributed by atoms with E-state index in [1.54, 1.807) is 24.3 Å². The van der Waals surface area contributed by atoms with Crippen LogP contribution in [0.5, 0.6) is 0 Å². The zero-order chi connectivity index (χ0) is 14.4. The molecule has 0 bridgehead atoms. The summed E-state index contributed by atoms with van der Waals surface area (Å²) in [7, 11) is 0. The highest BCUT2D eigenvalue weighted by Gasteiger charge is 2.17. The van der Waals surface area contributed by atoms with Crippen LogP contribution in [0.4, 0.5) is 0 Å². The van der Waals surface area contributed by atoms with Crippen LogP contribution >= 0.6 is 15.9 Å². The molecule has 0 radical (unpaired) electrons. The Morgan fingerprint density at radius 3 is 2.26 bits per heavy atom. The number of esters is 1. The van der Waals surface area contributed by atoms with Gasteiger partial charge in [0.15, 0.2) is 12.4 Å². The number of halogens is 1. The summed E-state index contributed by atoms with van der Waals surface area (Å²) in [6, 6.07) is 6.99. The number of Topliss-reactive ketones (excluding diaryl/α,β-unsaturated/α-hetero) is 1. The maximum absolute atomic E-state index is 11.8. The Balaban J connectivity index is 2.46. The molecule has 19 heavy (non-hydrogen) atoms. The van der Waals surface area contributed by atoms with E-state index < -0.39 is 0 Å². The molecule has 0 aliphatic carbocycles. The molecular formula is C15H19BrO3. The second-order valence-electron chi connectivity index (χ2n) is 5.07. The molecule has 1 atom stereocenters. The van der Waals surface area contributed by atoms with Crippen molar-refractivity contribution in [1.29, 1.82) is 0 Å². The van der Waals surface area contributed by atoms with Crippen LogP contribution in [0.15, 0.2) is 28.7 Å². The van der Waals surface area contributed by atoms with Gasteiger partial charge < -0.3 is 4.74 Å². The Labute approximate surface area is 122 Å². The number of carbonyl (C=O) groups excluding carboxylic acids is 2. The monoisotopic (exact) mass is 326 g/mol. The van der Waals surface area contributed by atoms with Gasteiger partial charge in [-0.15, -0.1) is 0 Å². The zero-order valence-corrected chi connectivity index (χ0v) is 13.1. The van der Waals surface area contributed by atoms with Crippen LogP contribution in [-0.4, -0.2) is 18.4 Å². The molecule has 0 fully saturated rings. The van der Waals surface area contributed by atoms with Gasteiger partial charge in [-0.3, -0.25) is 9.59 Å². The van der Waals surface area contributed by atoms with Gasteiger partial charge in [-0.05, 0) is 24.5 Å². The van der Waals surface area contributed by atoms with E-state index in [-0.39, 0.29) is 24.3 Å². The Morgan fingerprint density at radius 2 is 1.74 bits per heavy atom. The number of hydrogen-bond donors (Lipinski definition) is 0. The van der Waals surface area contributed by atoms with E-state index >= 15 is 0 Å². The van der Waals surface area contributed by atoms with Gasteiger partial charge in [0.1, 0.15) is 0 Å². The van der Waals surface area contributed by atoms with Gasteiger partial charge in [-0.1, -0.05) is 48.8 Å². The van der Waals surface area contributed by atoms with Crippen molar-refractivity contribution in [3.05, 3.63) is 34.3 Å². The quantitative estimate of drug-likeness (QED) is 0.589. The molecule has 0 saturated heterocycles. The summed E-state index contributed by atoms with van der Waals surface area (Å²) in [5.41, 5.74) is 0.549. The summed E-state index contributed by atoms with van der Waals surface area (Å²) in [5.74, 6) is -0.223. The van der Waals surface area contributed by atoms with Crippen LogP contribution in [0.25, 0.3) is 0 Å². The fraction of sp³-hybridized carbons (Fsp3) is 0.467. The molecule has 0 aliphatic rings. The van der Waals surface area contributed by atoms with E-state index in [4.69, 9.17) is 4.74 Å². The third-order valence-corrected chi connectivity index (χ3v) is 3.27. The fourth-order valence-corrected chi connectivity index (χ4v) is 2.07. The lowest BCUT2D eigenvalue weighted by atomic mass is 9.99. The summed E-state index contributed by atoms with van der Waals surface area (Å²) in [6.07, 6.45) is 0.769. The molecule has 4 heteroatoms. The molecule has 1 aromatic carbocycles. The van der Waals surface area contributed by atoms with Gasteiger partial charge in [0, 0.05) is 10.0 Å². The van der Waals surface area contributed by atoms with Crippen LogP contribution in [0.2, 0.25) is 0 Å². The van der Waals surface area contributed by atoms with Crippen molar-refractivity contribution in [1.82, 2.24) is 0 Å². The smallest absolute Gasteiger partial charge is 0.309 e. The lowest BCUT2D eigenvalue weighted by molar-refractivity contribution is -0.147. The average molecular weight is 327 g/mol. The average Bonchev–Trinajstić information content (AvgIpc) is 2.35. The molecule has 1 aromatic rings. The highest BCUT2D eigenvalue weighted by atomic mass is 79.9. The third-order valence-electron chi connectivity index (χ3n) is 2.74. The topological polar surface area (TPSA) is 43.4 Å². The molecule has 1 rings (SSSR count). The highest BCUT2D eigenvalue weighted by Crippen LogP contribution is 2.14. The molecule has 0 aliphatic heterocycles. The molecule has 104 valence electrons.